The highest BCUT2D eigenvalue weighted by Crippen LogP contribution is 2.31. The molecule has 1 fully saturated rings. The van der Waals surface area contributed by atoms with Crippen molar-refractivity contribution >= 4 is 17.4 Å². The summed E-state index contributed by atoms with van der Waals surface area (Å²) < 4.78 is 32.4. The van der Waals surface area contributed by atoms with E-state index in [2.05, 4.69) is 10.2 Å². The molecular formula is C35H35NO5S. The summed E-state index contributed by atoms with van der Waals surface area (Å²) in [6.45, 7) is 1.81. The van der Waals surface area contributed by atoms with Crippen LogP contribution in [0.1, 0.15) is 22.3 Å². The number of rotatable bonds is 14. The predicted octanol–water partition coefficient (Wildman–Crippen LogP) is 6.79. The molecule has 0 bridgehead atoms. The van der Waals surface area contributed by atoms with Gasteiger partial charge in [0.1, 0.15) is 24.4 Å². The van der Waals surface area contributed by atoms with Crippen molar-refractivity contribution in [3.05, 3.63) is 144 Å². The molecule has 0 amide bonds. The van der Waals surface area contributed by atoms with Crippen LogP contribution in [0.25, 0.3) is 0 Å². The fourth-order valence-electron chi connectivity index (χ4n) is 4.92. The van der Waals surface area contributed by atoms with E-state index in [0.29, 0.717) is 26.4 Å². The van der Waals surface area contributed by atoms with Gasteiger partial charge in [-0.25, -0.2) is 0 Å². The Morgan fingerprint density at radius 3 is 1.40 bits per heavy atom. The lowest BCUT2D eigenvalue weighted by atomic mass is 9.97. The van der Waals surface area contributed by atoms with Crippen molar-refractivity contribution in [1.82, 2.24) is 0 Å². The van der Waals surface area contributed by atoms with E-state index in [9.17, 15) is 0 Å². The van der Waals surface area contributed by atoms with Crippen LogP contribution in [0.2, 0.25) is 0 Å². The molecule has 0 unspecified atom stereocenters. The van der Waals surface area contributed by atoms with Gasteiger partial charge in [0.05, 0.1) is 38.2 Å². The second kappa shape index (κ2) is 16.2. The molecule has 42 heavy (non-hydrogen) atoms. The van der Waals surface area contributed by atoms with E-state index in [-0.39, 0.29) is 6.61 Å². The summed E-state index contributed by atoms with van der Waals surface area (Å²) in [4.78, 5) is 4.38. The molecule has 0 spiro atoms. The maximum Gasteiger partial charge on any atom is 0.187 e. The monoisotopic (exact) mass is 581 g/mol. The third-order valence-corrected chi connectivity index (χ3v) is 7.14. The van der Waals surface area contributed by atoms with Crippen molar-refractivity contribution < 1.29 is 23.7 Å². The lowest BCUT2D eigenvalue weighted by Crippen LogP contribution is -2.60. The average Bonchev–Trinajstić information content (AvgIpc) is 3.05. The van der Waals surface area contributed by atoms with Crippen LogP contribution in [0.15, 0.2) is 126 Å². The quantitative estimate of drug-likeness (QED) is 0.121. The highest BCUT2D eigenvalue weighted by atomic mass is 32.1. The third kappa shape index (κ3) is 8.74. The van der Waals surface area contributed by atoms with E-state index in [1.54, 1.807) is 0 Å². The predicted molar refractivity (Wildman–Crippen MR) is 165 cm³/mol. The van der Waals surface area contributed by atoms with Crippen LogP contribution in [0.4, 0.5) is 0 Å². The molecule has 0 aromatic heterocycles. The van der Waals surface area contributed by atoms with Crippen molar-refractivity contribution in [2.24, 2.45) is 4.99 Å². The molecule has 0 radical (unpaired) electrons. The molecule has 4 aromatic rings. The highest BCUT2D eigenvalue weighted by Gasteiger charge is 2.48. The van der Waals surface area contributed by atoms with Crippen LogP contribution in [0.3, 0.4) is 0 Å². The Bertz CT molecular complexity index is 1370. The summed E-state index contributed by atoms with van der Waals surface area (Å²) >= 11 is 5.02. The summed E-state index contributed by atoms with van der Waals surface area (Å²) in [6.07, 6.45) is -2.88. The van der Waals surface area contributed by atoms with Crippen molar-refractivity contribution in [2.45, 2.75) is 57.1 Å². The molecule has 4 aromatic carbocycles. The van der Waals surface area contributed by atoms with Crippen LogP contribution in [0.5, 0.6) is 0 Å². The van der Waals surface area contributed by atoms with E-state index < -0.39 is 30.6 Å². The highest BCUT2D eigenvalue weighted by molar-refractivity contribution is 7.78. The number of isothiocyanates is 1. The van der Waals surface area contributed by atoms with Gasteiger partial charge in [-0.2, -0.15) is 4.99 Å². The molecule has 5 rings (SSSR count). The van der Waals surface area contributed by atoms with Gasteiger partial charge in [0, 0.05) is 0 Å². The minimum atomic E-state index is -0.742. The Labute approximate surface area is 252 Å². The minimum absolute atomic E-state index is 0.272. The first-order valence-electron chi connectivity index (χ1n) is 14.1. The maximum absolute atomic E-state index is 6.64. The molecule has 216 valence electrons. The molecule has 1 aliphatic rings. The Morgan fingerprint density at radius 2 is 0.952 bits per heavy atom. The lowest BCUT2D eigenvalue weighted by molar-refractivity contribution is -0.270. The van der Waals surface area contributed by atoms with Gasteiger partial charge in [0.25, 0.3) is 0 Å². The van der Waals surface area contributed by atoms with Crippen LogP contribution in [-0.4, -0.2) is 42.4 Å². The summed E-state index contributed by atoms with van der Waals surface area (Å²) in [5.74, 6) is 0. The number of nitrogens with zero attached hydrogens (tertiary/aromatic N) is 1. The first kappa shape index (κ1) is 30.0. The van der Waals surface area contributed by atoms with Crippen LogP contribution >= 0.6 is 12.2 Å². The Morgan fingerprint density at radius 1 is 0.548 bits per heavy atom. The molecule has 1 heterocycles. The minimum Gasteiger partial charge on any atom is -0.374 e. The summed E-state index contributed by atoms with van der Waals surface area (Å²) in [5, 5.41) is 2.50. The van der Waals surface area contributed by atoms with Crippen LogP contribution < -0.4 is 0 Å². The second-order valence-electron chi connectivity index (χ2n) is 10.1. The van der Waals surface area contributed by atoms with Crippen LogP contribution in [-0.2, 0) is 50.1 Å². The fraction of sp³-hybridized carbons (Fsp3) is 0.286. The van der Waals surface area contributed by atoms with Gasteiger partial charge in [-0.1, -0.05) is 121 Å². The zero-order valence-corrected chi connectivity index (χ0v) is 24.2. The third-order valence-electron chi connectivity index (χ3n) is 7.04. The van der Waals surface area contributed by atoms with E-state index >= 15 is 0 Å². The van der Waals surface area contributed by atoms with Crippen molar-refractivity contribution in [3.8, 4) is 0 Å². The zero-order valence-electron chi connectivity index (χ0n) is 23.4. The number of benzene rings is 4. The van der Waals surface area contributed by atoms with Gasteiger partial charge in [0.15, 0.2) is 6.23 Å². The van der Waals surface area contributed by atoms with Crippen molar-refractivity contribution in [3.63, 3.8) is 0 Å². The average molecular weight is 582 g/mol. The molecule has 0 N–H and O–H groups in total. The Hall–Kier alpha value is -3.52. The smallest absolute Gasteiger partial charge is 0.187 e. The van der Waals surface area contributed by atoms with Gasteiger partial charge < -0.3 is 23.7 Å². The molecule has 1 aliphatic heterocycles. The first-order chi connectivity index (χ1) is 20.8. The number of aliphatic imine (C=N–C) groups is 1. The number of thiocarbonyl (C=S) groups is 1. The number of hydrogen-bond acceptors (Lipinski definition) is 7. The van der Waals surface area contributed by atoms with Gasteiger partial charge in [-0.3, -0.25) is 0 Å². The zero-order chi connectivity index (χ0) is 28.8. The Kier molecular flexibility index (Phi) is 11.6. The van der Waals surface area contributed by atoms with Crippen molar-refractivity contribution in [2.75, 3.05) is 6.61 Å². The van der Waals surface area contributed by atoms with Crippen molar-refractivity contribution in [1.29, 1.82) is 0 Å². The summed E-state index contributed by atoms with van der Waals surface area (Å²) in [6, 6.07) is 40.1. The van der Waals surface area contributed by atoms with E-state index in [1.165, 1.54) is 0 Å². The Balaban J connectivity index is 1.41. The first-order valence-corrected chi connectivity index (χ1v) is 14.5. The standard InChI is InChI=1S/C35H35NO5S/c42-26-36-35-34(40-24-30-19-11-4-12-20-30)33(39-23-29-17-9-3-10-18-29)32(38-22-28-15-7-2-8-16-28)31(41-35)25-37-21-27-13-5-1-6-14-27/h1-20,31-35H,21-25H2/t31-,32-,33+,34-,35+/m1/s1. The van der Waals surface area contributed by atoms with Gasteiger partial charge in [0.2, 0.25) is 0 Å². The van der Waals surface area contributed by atoms with E-state index in [4.69, 9.17) is 35.9 Å². The normalized spacial score (nSPS) is 21.9. The maximum atomic E-state index is 6.64. The molecule has 6 nitrogen and oxygen atoms in total. The van der Waals surface area contributed by atoms with Crippen LogP contribution in [0, 0.1) is 0 Å². The molecule has 0 aliphatic carbocycles. The van der Waals surface area contributed by atoms with Gasteiger partial charge in [-0.05, 0) is 34.5 Å². The largest absolute Gasteiger partial charge is 0.374 e. The van der Waals surface area contributed by atoms with Gasteiger partial charge >= 0.3 is 0 Å². The van der Waals surface area contributed by atoms with E-state index in [1.807, 2.05) is 121 Å². The molecule has 1 saturated heterocycles. The molecule has 0 saturated carbocycles. The fourth-order valence-corrected chi connectivity index (χ4v) is 5.02. The van der Waals surface area contributed by atoms with Gasteiger partial charge in [-0.15, -0.1) is 0 Å². The second-order valence-corrected chi connectivity index (χ2v) is 10.3. The molecule has 5 atom stereocenters. The summed E-state index contributed by atoms with van der Waals surface area (Å²) in [5.41, 5.74) is 4.19. The van der Waals surface area contributed by atoms with E-state index in [0.717, 1.165) is 22.3 Å². The SMILES string of the molecule is S=C=N[C@H]1O[C@H](COCc2ccccc2)[C@@H](OCc2ccccc2)[C@H](OCc2ccccc2)[C@H]1OCc1ccccc1. The molecular weight excluding hydrogens is 546 g/mol. The lowest BCUT2D eigenvalue weighted by Gasteiger charge is -2.44. The molecule has 7 heteroatoms. The summed E-state index contributed by atoms with van der Waals surface area (Å²) in [7, 11) is 0. The number of ether oxygens (including phenoxy) is 5. The number of hydrogen-bond donors (Lipinski definition) is 0. The topological polar surface area (TPSA) is 58.5 Å².